The van der Waals surface area contributed by atoms with Crippen molar-refractivity contribution in [1.29, 1.82) is 0 Å². The van der Waals surface area contributed by atoms with Crippen LogP contribution in [0.3, 0.4) is 0 Å². The van der Waals surface area contributed by atoms with E-state index in [2.05, 4.69) is 0 Å². The third kappa shape index (κ3) is 2.62. The zero-order valence-electron chi connectivity index (χ0n) is 14.1. The number of aromatic hydroxyl groups is 2. The molecule has 0 aliphatic heterocycles. The number of fused-ring (bicyclic) bond motifs is 2. The summed E-state index contributed by atoms with van der Waals surface area (Å²) < 4.78 is 5.51. The molecule has 0 aliphatic rings. The second kappa shape index (κ2) is 6.08. The molecule has 0 heterocycles. The Labute approximate surface area is 149 Å². The van der Waals surface area contributed by atoms with Crippen LogP contribution in [0.5, 0.6) is 17.2 Å². The lowest BCUT2D eigenvalue weighted by molar-refractivity contribution is 0.0734. The van der Waals surface area contributed by atoms with E-state index >= 15 is 0 Å². The first-order valence-corrected chi connectivity index (χ1v) is 8.20. The summed E-state index contributed by atoms with van der Waals surface area (Å²) in [6, 6.07) is 19.4. The van der Waals surface area contributed by atoms with Crippen LogP contribution in [0.2, 0.25) is 0 Å². The molecule has 4 aromatic rings. The molecule has 0 atom stereocenters. The molecule has 0 saturated carbocycles. The largest absolute Gasteiger partial charge is 0.507 e. The predicted octanol–water partition coefficient (Wildman–Crippen LogP) is 4.93. The summed E-state index contributed by atoms with van der Waals surface area (Å²) in [4.78, 5) is 12.6. The molecule has 0 spiro atoms. The van der Waals surface area contributed by atoms with E-state index in [9.17, 15) is 15.0 Å². The van der Waals surface area contributed by atoms with Gasteiger partial charge in [0.25, 0.3) is 0 Å². The first-order chi connectivity index (χ1) is 12.5. The molecule has 0 saturated heterocycles. The van der Waals surface area contributed by atoms with Gasteiger partial charge >= 0.3 is 5.97 Å². The normalized spacial score (nSPS) is 11.0. The molecule has 4 rings (SSSR count). The van der Waals surface area contributed by atoms with Crippen LogP contribution < -0.4 is 4.74 Å². The summed E-state index contributed by atoms with van der Waals surface area (Å²) in [5.41, 5.74) is 0.866. The van der Waals surface area contributed by atoms with Crippen LogP contribution in [-0.4, -0.2) is 16.2 Å². The number of rotatable bonds is 2. The molecule has 0 amide bonds. The summed E-state index contributed by atoms with van der Waals surface area (Å²) in [5, 5.41) is 23.4. The Morgan fingerprint density at radius 1 is 0.846 bits per heavy atom. The van der Waals surface area contributed by atoms with Crippen molar-refractivity contribution in [2.75, 3.05) is 0 Å². The highest BCUT2D eigenvalue weighted by Crippen LogP contribution is 2.37. The second-order valence-electron chi connectivity index (χ2n) is 6.21. The molecule has 0 bridgehead atoms. The lowest BCUT2D eigenvalue weighted by Crippen LogP contribution is -2.09. The Balaban J connectivity index is 1.79. The van der Waals surface area contributed by atoms with Gasteiger partial charge in [-0.2, -0.15) is 0 Å². The summed E-state index contributed by atoms with van der Waals surface area (Å²) >= 11 is 0. The van der Waals surface area contributed by atoms with Crippen LogP contribution in [-0.2, 0) is 0 Å². The van der Waals surface area contributed by atoms with E-state index < -0.39 is 5.97 Å². The Kier molecular flexibility index (Phi) is 3.73. The molecule has 128 valence electrons. The Bertz CT molecular complexity index is 1160. The van der Waals surface area contributed by atoms with E-state index in [1.165, 1.54) is 6.07 Å². The average molecular weight is 344 g/mol. The van der Waals surface area contributed by atoms with Crippen LogP contribution >= 0.6 is 0 Å². The molecule has 0 aliphatic carbocycles. The minimum atomic E-state index is -0.725. The summed E-state index contributed by atoms with van der Waals surface area (Å²) in [7, 11) is 0. The molecular weight excluding hydrogens is 328 g/mol. The fraction of sp³-hybridized carbons (Fsp3) is 0.0455. The van der Waals surface area contributed by atoms with Crippen molar-refractivity contribution in [3.8, 4) is 17.2 Å². The third-order valence-corrected chi connectivity index (χ3v) is 4.41. The first kappa shape index (κ1) is 16.0. The number of hydrogen-bond donors (Lipinski definition) is 2. The lowest BCUT2D eigenvalue weighted by atomic mass is 10.0. The average Bonchev–Trinajstić information content (AvgIpc) is 2.65. The molecule has 26 heavy (non-hydrogen) atoms. The van der Waals surface area contributed by atoms with E-state index in [0.717, 1.165) is 16.3 Å². The van der Waals surface area contributed by atoms with Crippen molar-refractivity contribution in [3.63, 3.8) is 0 Å². The highest BCUT2D eigenvalue weighted by Gasteiger charge is 2.19. The topological polar surface area (TPSA) is 66.8 Å². The van der Waals surface area contributed by atoms with E-state index in [1.54, 1.807) is 30.3 Å². The van der Waals surface area contributed by atoms with Crippen molar-refractivity contribution in [2.24, 2.45) is 0 Å². The van der Waals surface area contributed by atoms with Gasteiger partial charge in [0.05, 0.1) is 0 Å². The van der Waals surface area contributed by atoms with Crippen LogP contribution in [0, 0.1) is 6.92 Å². The molecule has 2 N–H and O–H groups in total. The molecule has 0 fully saturated rings. The Hall–Kier alpha value is -3.53. The monoisotopic (exact) mass is 344 g/mol. The zero-order valence-corrected chi connectivity index (χ0v) is 14.1. The van der Waals surface area contributed by atoms with Crippen LogP contribution in [0.4, 0.5) is 0 Å². The summed E-state index contributed by atoms with van der Waals surface area (Å²) in [6.45, 7) is 1.89. The molecule has 0 unspecified atom stereocenters. The molecule has 4 aromatic carbocycles. The van der Waals surface area contributed by atoms with Gasteiger partial charge in [-0.3, -0.25) is 0 Å². The van der Waals surface area contributed by atoms with Gasteiger partial charge in [0.2, 0.25) is 0 Å². The molecule has 0 aromatic heterocycles. The van der Waals surface area contributed by atoms with E-state index in [4.69, 9.17) is 4.74 Å². The number of esters is 1. The number of carbonyl (C=O) groups excluding carboxylic acids is 1. The van der Waals surface area contributed by atoms with Gasteiger partial charge in [-0.05, 0) is 30.5 Å². The number of hydrogen-bond acceptors (Lipinski definition) is 4. The maximum absolute atomic E-state index is 12.6. The van der Waals surface area contributed by atoms with Gasteiger partial charge in [-0.1, -0.05) is 54.1 Å². The summed E-state index contributed by atoms with van der Waals surface area (Å²) in [6.07, 6.45) is 0. The van der Waals surface area contributed by atoms with E-state index in [-0.39, 0.29) is 17.1 Å². The van der Waals surface area contributed by atoms with Gasteiger partial charge in [0, 0.05) is 16.2 Å². The number of phenols is 2. The van der Waals surface area contributed by atoms with Gasteiger partial charge in [-0.25, -0.2) is 4.79 Å². The second-order valence-corrected chi connectivity index (χ2v) is 6.21. The highest BCUT2D eigenvalue weighted by molar-refractivity contribution is 6.05. The Morgan fingerprint density at radius 2 is 1.62 bits per heavy atom. The third-order valence-electron chi connectivity index (χ3n) is 4.41. The quantitative estimate of drug-likeness (QED) is 0.307. The predicted molar refractivity (Wildman–Crippen MR) is 101 cm³/mol. The summed E-state index contributed by atoms with van der Waals surface area (Å²) in [5.74, 6) is -0.609. The fourth-order valence-corrected chi connectivity index (χ4v) is 3.10. The number of aryl methyl sites for hydroxylation is 1. The maximum atomic E-state index is 12.6. The maximum Gasteiger partial charge on any atom is 0.347 e. The van der Waals surface area contributed by atoms with Crippen molar-refractivity contribution >= 4 is 27.5 Å². The highest BCUT2D eigenvalue weighted by atomic mass is 16.5. The van der Waals surface area contributed by atoms with Crippen LogP contribution in [0.1, 0.15) is 15.9 Å². The number of benzene rings is 4. The minimum Gasteiger partial charge on any atom is -0.507 e. The standard InChI is InChI=1S/C22H16O4/c1-13-9-10-16-17(11-13)19(23)12-18(21(16)24)22(25)26-20-8-4-6-14-5-2-3-7-15(14)20/h2-12,23-24H,1H3. The van der Waals surface area contributed by atoms with Gasteiger partial charge < -0.3 is 14.9 Å². The smallest absolute Gasteiger partial charge is 0.347 e. The van der Waals surface area contributed by atoms with E-state index in [1.807, 2.05) is 37.3 Å². The van der Waals surface area contributed by atoms with Crippen molar-refractivity contribution in [1.82, 2.24) is 0 Å². The van der Waals surface area contributed by atoms with Gasteiger partial charge in [0.15, 0.2) is 0 Å². The zero-order chi connectivity index (χ0) is 18.3. The number of ether oxygens (including phenoxy) is 1. The SMILES string of the molecule is Cc1ccc2c(O)c(C(=O)Oc3cccc4ccccc34)cc(O)c2c1. The minimum absolute atomic E-state index is 0.0770. The first-order valence-electron chi connectivity index (χ1n) is 8.20. The van der Waals surface area contributed by atoms with Crippen LogP contribution in [0.25, 0.3) is 21.5 Å². The van der Waals surface area contributed by atoms with Gasteiger partial charge in [0.1, 0.15) is 22.8 Å². The molecular formula is C22H16O4. The van der Waals surface area contributed by atoms with Crippen molar-refractivity contribution < 1.29 is 19.7 Å². The Morgan fingerprint density at radius 3 is 2.46 bits per heavy atom. The van der Waals surface area contributed by atoms with Crippen molar-refractivity contribution in [3.05, 3.63) is 77.9 Å². The molecule has 4 nitrogen and oxygen atoms in total. The van der Waals surface area contributed by atoms with Crippen molar-refractivity contribution in [2.45, 2.75) is 6.92 Å². The number of carbonyl (C=O) groups is 1. The number of phenolic OH excluding ortho intramolecular Hbond substituents is 2. The van der Waals surface area contributed by atoms with E-state index in [0.29, 0.717) is 16.5 Å². The molecule has 4 heteroatoms. The fourth-order valence-electron chi connectivity index (χ4n) is 3.10. The molecule has 0 radical (unpaired) electrons. The van der Waals surface area contributed by atoms with Crippen LogP contribution in [0.15, 0.2) is 66.7 Å². The lowest BCUT2D eigenvalue weighted by Gasteiger charge is -2.11. The van der Waals surface area contributed by atoms with Gasteiger partial charge in [-0.15, -0.1) is 0 Å².